The molecule has 1 aromatic rings. The lowest BCUT2D eigenvalue weighted by Gasteiger charge is -2.15. The molecule has 2 rings (SSSR count). The summed E-state index contributed by atoms with van der Waals surface area (Å²) < 4.78 is 0. The minimum Gasteiger partial charge on any atom is -0.368 e. The number of hydrogen-bond acceptors (Lipinski definition) is 4. The van der Waals surface area contributed by atoms with E-state index >= 15 is 0 Å². The lowest BCUT2D eigenvalue weighted by molar-refractivity contribution is 0.597. The van der Waals surface area contributed by atoms with Crippen molar-refractivity contribution in [3.05, 3.63) is 17.5 Å². The number of aryl methyl sites for hydroxylation is 1. The third-order valence-electron chi connectivity index (χ3n) is 2.84. The fourth-order valence-corrected chi connectivity index (χ4v) is 2.16. The molecule has 1 saturated carbocycles. The maximum atomic E-state index is 6.01. The van der Waals surface area contributed by atoms with E-state index in [1.807, 2.05) is 13.0 Å². The zero-order chi connectivity index (χ0) is 10.1. The van der Waals surface area contributed by atoms with E-state index in [9.17, 15) is 0 Å². The second-order valence-electron chi connectivity index (χ2n) is 3.99. The van der Waals surface area contributed by atoms with E-state index in [1.165, 1.54) is 6.42 Å². The summed E-state index contributed by atoms with van der Waals surface area (Å²) in [5.41, 5.74) is 13.6. The molecule has 1 aromatic heterocycles. The Bertz CT molecular complexity index is 317. The van der Waals surface area contributed by atoms with Crippen LogP contribution >= 0.6 is 0 Å². The van der Waals surface area contributed by atoms with E-state index in [1.54, 1.807) is 0 Å². The van der Waals surface area contributed by atoms with Gasteiger partial charge >= 0.3 is 0 Å². The Hall–Kier alpha value is -1.16. The lowest BCUT2D eigenvalue weighted by atomic mass is 9.99. The van der Waals surface area contributed by atoms with Gasteiger partial charge in [-0.25, -0.2) is 9.97 Å². The van der Waals surface area contributed by atoms with Crippen molar-refractivity contribution >= 4 is 5.95 Å². The highest BCUT2D eigenvalue weighted by molar-refractivity contribution is 5.25. The molecular formula is C10H16N4. The predicted molar refractivity (Wildman–Crippen MR) is 55.7 cm³/mol. The quantitative estimate of drug-likeness (QED) is 0.694. The Kier molecular flexibility index (Phi) is 2.37. The van der Waals surface area contributed by atoms with Crippen LogP contribution in [0.25, 0.3) is 0 Å². The van der Waals surface area contributed by atoms with Crippen LogP contribution in [0.3, 0.4) is 0 Å². The third-order valence-corrected chi connectivity index (χ3v) is 2.84. The van der Waals surface area contributed by atoms with Gasteiger partial charge in [0.15, 0.2) is 0 Å². The Labute approximate surface area is 83.7 Å². The van der Waals surface area contributed by atoms with Gasteiger partial charge in [0, 0.05) is 17.7 Å². The summed E-state index contributed by atoms with van der Waals surface area (Å²) >= 11 is 0. The van der Waals surface area contributed by atoms with Crippen LogP contribution in [0.2, 0.25) is 0 Å². The van der Waals surface area contributed by atoms with Gasteiger partial charge < -0.3 is 11.5 Å². The monoisotopic (exact) mass is 192 g/mol. The van der Waals surface area contributed by atoms with Crippen molar-refractivity contribution in [3.8, 4) is 0 Å². The van der Waals surface area contributed by atoms with Crippen LogP contribution in [-0.4, -0.2) is 16.0 Å². The van der Waals surface area contributed by atoms with Crippen LogP contribution in [0.5, 0.6) is 0 Å². The standard InChI is InChI=1S/C10H16N4/c1-6-5-9(14-10(12)13-6)7-3-2-4-8(7)11/h5,7-8H,2-4,11H2,1H3,(H2,12,13,14). The first kappa shape index (κ1) is 9.40. The van der Waals surface area contributed by atoms with Crippen molar-refractivity contribution in [1.29, 1.82) is 0 Å². The molecule has 0 aliphatic heterocycles. The number of hydrogen-bond donors (Lipinski definition) is 2. The summed E-state index contributed by atoms with van der Waals surface area (Å²) in [4.78, 5) is 8.31. The molecule has 1 fully saturated rings. The summed E-state index contributed by atoms with van der Waals surface area (Å²) in [7, 11) is 0. The van der Waals surface area contributed by atoms with Gasteiger partial charge in [-0.15, -0.1) is 0 Å². The molecule has 4 heteroatoms. The van der Waals surface area contributed by atoms with E-state index in [-0.39, 0.29) is 6.04 Å². The minimum atomic E-state index is 0.240. The van der Waals surface area contributed by atoms with Crippen LogP contribution < -0.4 is 11.5 Å². The van der Waals surface area contributed by atoms with Crippen LogP contribution in [0.4, 0.5) is 5.95 Å². The second-order valence-corrected chi connectivity index (χ2v) is 3.99. The topological polar surface area (TPSA) is 77.8 Å². The molecule has 14 heavy (non-hydrogen) atoms. The normalized spacial score (nSPS) is 26.7. The van der Waals surface area contributed by atoms with Crippen molar-refractivity contribution in [2.24, 2.45) is 5.73 Å². The third kappa shape index (κ3) is 1.70. The highest BCUT2D eigenvalue weighted by atomic mass is 15.0. The molecule has 2 atom stereocenters. The number of aromatic nitrogens is 2. The van der Waals surface area contributed by atoms with Crippen molar-refractivity contribution in [2.45, 2.75) is 38.1 Å². The molecule has 0 aromatic carbocycles. The van der Waals surface area contributed by atoms with Gasteiger partial charge in [0.1, 0.15) is 0 Å². The number of nitrogen functional groups attached to an aromatic ring is 1. The van der Waals surface area contributed by atoms with Crippen molar-refractivity contribution in [1.82, 2.24) is 9.97 Å². The molecule has 4 N–H and O–H groups in total. The van der Waals surface area contributed by atoms with Gasteiger partial charge in [-0.2, -0.15) is 0 Å². The van der Waals surface area contributed by atoms with E-state index < -0.39 is 0 Å². The molecular weight excluding hydrogens is 176 g/mol. The summed E-state index contributed by atoms with van der Waals surface area (Å²) in [6, 6.07) is 2.23. The molecule has 4 nitrogen and oxygen atoms in total. The van der Waals surface area contributed by atoms with Gasteiger partial charge in [0.25, 0.3) is 0 Å². The maximum absolute atomic E-state index is 6.01. The van der Waals surface area contributed by atoms with E-state index in [4.69, 9.17) is 11.5 Å². The number of anilines is 1. The van der Waals surface area contributed by atoms with Crippen molar-refractivity contribution in [3.63, 3.8) is 0 Å². The fraction of sp³-hybridized carbons (Fsp3) is 0.600. The van der Waals surface area contributed by atoms with Gasteiger partial charge in [-0.1, -0.05) is 6.42 Å². The SMILES string of the molecule is Cc1cc(C2CCCC2N)nc(N)n1. The molecule has 0 saturated heterocycles. The van der Waals surface area contributed by atoms with Crippen LogP contribution in [0, 0.1) is 6.92 Å². The molecule has 0 spiro atoms. The minimum absolute atomic E-state index is 0.240. The first-order chi connectivity index (χ1) is 6.66. The number of nitrogens with zero attached hydrogens (tertiary/aromatic N) is 2. The van der Waals surface area contributed by atoms with Crippen LogP contribution in [-0.2, 0) is 0 Å². The fourth-order valence-electron chi connectivity index (χ4n) is 2.16. The smallest absolute Gasteiger partial charge is 0.220 e. The van der Waals surface area contributed by atoms with Crippen LogP contribution in [0.15, 0.2) is 6.07 Å². The number of nitrogens with two attached hydrogens (primary N) is 2. The van der Waals surface area contributed by atoms with Crippen molar-refractivity contribution < 1.29 is 0 Å². The summed E-state index contributed by atoms with van der Waals surface area (Å²) in [5.74, 6) is 0.734. The summed E-state index contributed by atoms with van der Waals surface area (Å²) in [5, 5.41) is 0. The Morgan fingerprint density at radius 3 is 2.71 bits per heavy atom. The van der Waals surface area contributed by atoms with Gasteiger partial charge in [-0.05, 0) is 25.8 Å². The average Bonchev–Trinajstić information content (AvgIpc) is 2.49. The molecule has 1 aliphatic rings. The van der Waals surface area contributed by atoms with Gasteiger partial charge in [-0.3, -0.25) is 0 Å². The zero-order valence-corrected chi connectivity index (χ0v) is 8.40. The Balaban J connectivity index is 2.31. The van der Waals surface area contributed by atoms with Gasteiger partial charge in [0.05, 0.1) is 5.69 Å². The van der Waals surface area contributed by atoms with Crippen molar-refractivity contribution in [2.75, 3.05) is 5.73 Å². The largest absolute Gasteiger partial charge is 0.368 e. The molecule has 76 valence electrons. The maximum Gasteiger partial charge on any atom is 0.220 e. The van der Waals surface area contributed by atoms with E-state index in [2.05, 4.69) is 9.97 Å². The van der Waals surface area contributed by atoms with Crippen LogP contribution in [0.1, 0.15) is 36.6 Å². The molecule has 1 heterocycles. The molecule has 0 radical (unpaired) electrons. The average molecular weight is 192 g/mol. The number of rotatable bonds is 1. The lowest BCUT2D eigenvalue weighted by Crippen LogP contribution is -2.23. The van der Waals surface area contributed by atoms with Gasteiger partial charge in [0.2, 0.25) is 5.95 Å². The first-order valence-corrected chi connectivity index (χ1v) is 5.03. The Morgan fingerprint density at radius 1 is 1.36 bits per heavy atom. The Morgan fingerprint density at radius 2 is 2.14 bits per heavy atom. The van der Waals surface area contributed by atoms with E-state index in [0.717, 1.165) is 24.2 Å². The highest BCUT2D eigenvalue weighted by Gasteiger charge is 2.26. The summed E-state index contributed by atoms with van der Waals surface area (Å²) in [6.45, 7) is 1.93. The predicted octanol–water partition coefficient (Wildman–Crippen LogP) is 0.962. The second kappa shape index (κ2) is 3.53. The van der Waals surface area contributed by atoms with E-state index in [0.29, 0.717) is 11.9 Å². The summed E-state index contributed by atoms with van der Waals surface area (Å²) in [6.07, 6.45) is 3.40. The first-order valence-electron chi connectivity index (χ1n) is 5.03. The zero-order valence-electron chi connectivity index (χ0n) is 8.40. The highest BCUT2D eigenvalue weighted by Crippen LogP contribution is 2.32. The molecule has 1 aliphatic carbocycles. The molecule has 2 unspecified atom stereocenters. The molecule has 0 bridgehead atoms. The molecule has 0 amide bonds.